The first-order valence-electron chi connectivity index (χ1n) is 6.10. The number of oxazole rings is 1. The third kappa shape index (κ3) is 2.54. The van der Waals surface area contributed by atoms with Crippen LogP contribution in [0, 0.1) is 11.6 Å². The normalized spacial score (nSPS) is 10.6. The minimum Gasteiger partial charge on any atom is -0.463 e. The lowest BCUT2D eigenvalue weighted by Gasteiger charge is -1.99. The second kappa shape index (κ2) is 5.81. The molecule has 4 nitrogen and oxygen atoms in total. The molecule has 0 radical (unpaired) electrons. The average molecular weight is 281 g/mol. The Labute approximate surface area is 114 Å². The van der Waals surface area contributed by atoms with Crippen molar-refractivity contribution in [2.45, 2.75) is 19.8 Å². The topological polar surface area (TPSA) is 52.3 Å². The molecule has 1 aromatic carbocycles. The molecule has 0 spiro atoms. The molecule has 0 saturated carbocycles. The van der Waals surface area contributed by atoms with Gasteiger partial charge in [-0.25, -0.2) is 18.6 Å². The number of ether oxygens (including phenoxy) is 1. The summed E-state index contributed by atoms with van der Waals surface area (Å²) in [4.78, 5) is 15.6. The van der Waals surface area contributed by atoms with Gasteiger partial charge in [-0.3, -0.25) is 0 Å². The van der Waals surface area contributed by atoms with Gasteiger partial charge in [0.1, 0.15) is 17.2 Å². The zero-order valence-corrected chi connectivity index (χ0v) is 11.1. The van der Waals surface area contributed by atoms with E-state index in [2.05, 4.69) is 9.72 Å². The van der Waals surface area contributed by atoms with Crippen LogP contribution in [0.25, 0.3) is 11.5 Å². The molecular formula is C14H13F2NO3. The molecule has 6 heteroatoms. The zero-order valence-electron chi connectivity index (χ0n) is 11.1. The van der Waals surface area contributed by atoms with Gasteiger partial charge in [0.15, 0.2) is 0 Å². The molecule has 0 saturated heterocycles. The van der Waals surface area contributed by atoms with Crippen LogP contribution in [0.5, 0.6) is 0 Å². The van der Waals surface area contributed by atoms with Gasteiger partial charge in [0.05, 0.1) is 12.8 Å². The van der Waals surface area contributed by atoms with Crippen molar-refractivity contribution in [3.63, 3.8) is 0 Å². The van der Waals surface area contributed by atoms with Crippen molar-refractivity contribution >= 4 is 5.97 Å². The molecule has 0 aliphatic carbocycles. The largest absolute Gasteiger partial charge is 0.463 e. The zero-order chi connectivity index (χ0) is 14.7. The SMILES string of the molecule is CCCc1nc(-c2c(F)cccc2F)oc1C(=O)OC. The van der Waals surface area contributed by atoms with Gasteiger partial charge in [-0.15, -0.1) is 0 Å². The summed E-state index contributed by atoms with van der Waals surface area (Å²) in [5.74, 6) is -2.70. The van der Waals surface area contributed by atoms with Crippen molar-refractivity contribution in [2.24, 2.45) is 0 Å². The summed E-state index contributed by atoms with van der Waals surface area (Å²) >= 11 is 0. The lowest BCUT2D eigenvalue weighted by atomic mass is 10.2. The highest BCUT2D eigenvalue weighted by Gasteiger charge is 2.24. The number of esters is 1. The molecule has 0 fully saturated rings. The third-order valence-corrected chi connectivity index (χ3v) is 2.73. The van der Waals surface area contributed by atoms with Crippen LogP contribution in [0.1, 0.15) is 29.6 Å². The molecule has 0 amide bonds. The van der Waals surface area contributed by atoms with Gasteiger partial charge in [-0.2, -0.15) is 0 Å². The molecular weight excluding hydrogens is 268 g/mol. The van der Waals surface area contributed by atoms with Crippen LogP contribution in [0.4, 0.5) is 8.78 Å². The van der Waals surface area contributed by atoms with E-state index < -0.39 is 17.6 Å². The van der Waals surface area contributed by atoms with E-state index in [1.165, 1.54) is 13.2 Å². The fourth-order valence-electron chi connectivity index (χ4n) is 1.82. The van der Waals surface area contributed by atoms with E-state index in [9.17, 15) is 13.6 Å². The van der Waals surface area contributed by atoms with Crippen LogP contribution in [0.2, 0.25) is 0 Å². The number of aromatic nitrogens is 1. The number of aryl methyl sites for hydroxylation is 1. The van der Waals surface area contributed by atoms with Gasteiger partial charge in [0.25, 0.3) is 0 Å². The van der Waals surface area contributed by atoms with Gasteiger partial charge >= 0.3 is 5.97 Å². The Morgan fingerprint density at radius 1 is 1.35 bits per heavy atom. The smallest absolute Gasteiger partial charge is 0.376 e. The van der Waals surface area contributed by atoms with Crippen LogP contribution in [0.3, 0.4) is 0 Å². The van der Waals surface area contributed by atoms with Crippen molar-refractivity contribution in [1.29, 1.82) is 0 Å². The number of nitrogens with zero attached hydrogens (tertiary/aromatic N) is 1. The van der Waals surface area contributed by atoms with Crippen molar-refractivity contribution in [3.8, 4) is 11.5 Å². The highest BCUT2D eigenvalue weighted by atomic mass is 19.1. The second-order valence-electron chi connectivity index (χ2n) is 4.13. The molecule has 0 N–H and O–H groups in total. The Balaban J connectivity index is 2.56. The van der Waals surface area contributed by atoms with Crippen LogP contribution in [-0.4, -0.2) is 18.1 Å². The number of rotatable bonds is 4. The van der Waals surface area contributed by atoms with E-state index in [0.29, 0.717) is 18.5 Å². The molecule has 0 atom stereocenters. The van der Waals surface area contributed by atoms with Gasteiger partial charge < -0.3 is 9.15 Å². The first-order valence-corrected chi connectivity index (χ1v) is 6.10. The molecule has 0 aliphatic heterocycles. The Kier molecular flexibility index (Phi) is 4.12. The number of hydrogen-bond donors (Lipinski definition) is 0. The standard InChI is InChI=1S/C14H13F2NO3/c1-3-5-10-12(14(18)19-2)20-13(17-10)11-8(15)6-4-7-9(11)16/h4,6-7H,3,5H2,1-2H3. The Bertz CT molecular complexity index is 617. The highest BCUT2D eigenvalue weighted by Crippen LogP contribution is 2.28. The number of benzene rings is 1. The molecule has 1 aromatic heterocycles. The molecule has 2 aromatic rings. The summed E-state index contributed by atoms with van der Waals surface area (Å²) in [6, 6.07) is 3.44. The maximum Gasteiger partial charge on any atom is 0.376 e. The first-order chi connectivity index (χ1) is 9.58. The molecule has 20 heavy (non-hydrogen) atoms. The minimum atomic E-state index is -0.800. The first kappa shape index (κ1) is 14.2. The quantitative estimate of drug-likeness (QED) is 0.806. The maximum absolute atomic E-state index is 13.7. The summed E-state index contributed by atoms with van der Waals surface area (Å²) in [5.41, 5.74) is -0.0583. The summed E-state index contributed by atoms with van der Waals surface area (Å²) in [6.45, 7) is 1.89. The Morgan fingerprint density at radius 3 is 2.55 bits per heavy atom. The van der Waals surface area contributed by atoms with Crippen LogP contribution in [0.15, 0.2) is 22.6 Å². The highest BCUT2D eigenvalue weighted by molar-refractivity contribution is 5.88. The lowest BCUT2D eigenvalue weighted by Crippen LogP contribution is -2.03. The van der Waals surface area contributed by atoms with Gasteiger partial charge in [-0.05, 0) is 18.6 Å². The lowest BCUT2D eigenvalue weighted by molar-refractivity contribution is 0.0564. The predicted octanol–water partition coefficient (Wildman–Crippen LogP) is 3.36. The maximum atomic E-state index is 13.7. The summed E-state index contributed by atoms with van der Waals surface area (Å²) in [5, 5.41) is 0. The summed E-state index contributed by atoms with van der Waals surface area (Å²) in [7, 11) is 1.20. The van der Waals surface area contributed by atoms with E-state index in [1.54, 1.807) is 0 Å². The third-order valence-electron chi connectivity index (χ3n) is 2.73. The van der Waals surface area contributed by atoms with Gasteiger partial charge in [-0.1, -0.05) is 19.4 Å². The molecule has 0 unspecified atom stereocenters. The van der Waals surface area contributed by atoms with Crippen LogP contribution >= 0.6 is 0 Å². The Morgan fingerprint density at radius 2 is 2.00 bits per heavy atom. The van der Waals surface area contributed by atoms with Crippen LogP contribution in [-0.2, 0) is 11.2 Å². The molecule has 1 heterocycles. The molecule has 106 valence electrons. The van der Waals surface area contributed by atoms with Gasteiger partial charge in [0.2, 0.25) is 11.7 Å². The second-order valence-corrected chi connectivity index (χ2v) is 4.13. The van der Waals surface area contributed by atoms with Gasteiger partial charge in [0, 0.05) is 0 Å². The van der Waals surface area contributed by atoms with Crippen molar-refractivity contribution < 1.29 is 22.7 Å². The molecule has 2 rings (SSSR count). The minimum absolute atomic E-state index is 0.119. The predicted molar refractivity (Wildman–Crippen MR) is 67.2 cm³/mol. The fraction of sp³-hybridized carbons (Fsp3) is 0.286. The van der Waals surface area contributed by atoms with E-state index in [4.69, 9.17) is 4.42 Å². The summed E-state index contributed by atoms with van der Waals surface area (Å²) < 4.78 is 37.2. The number of hydrogen-bond acceptors (Lipinski definition) is 4. The molecule has 0 aliphatic rings. The number of methoxy groups -OCH3 is 1. The van der Waals surface area contributed by atoms with E-state index in [0.717, 1.165) is 12.1 Å². The van der Waals surface area contributed by atoms with Crippen molar-refractivity contribution in [3.05, 3.63) is 41.3 Å². The van der Waals surface area contributed by atoms with Crippen LogP contribution < -0.4 is 0 Å². The van der Waals surface area contributed by atoms with E-state index >= 15 is 0 Å². The van der Waals surface area contributed by atoms with E-state index in [1.807, 2.05) is 6.92 Å². The Hall–Kier alpha value is -2.24. The fourth-order valence-corrected chi connectivity index (χ4v) is 1.82. The summed E-state index contributed by atoms with van der Waals surface area (Å²) in [6.07, 6.45) is 1.15. The molecule has 0 bridgehead atoms. The number of carbonyl (C=O) groups excluding carboxylic acids is 1. The van der Waals surface area contributed by atoms with Crippen molar-refractivity contribution in [2.75, 3.05) is 7.11 Å². The number of halogens is 2. The monoisotopic (exact) mass is 281 g/mol. The average Bonchev–Trinajstić information content (AvgIpc) is 2.82. The van der Waals surface area contributed by atoms with E-state index in [-0.39, 0.29) is 17.2 Å². The van der Waals surface area contributed by atoms with Crippen molar-refractivity contribution in [1.82, 2.24) is 4.98 Å². The number of carbonyl (C=O) groups is 1.